The van der Waals surface area contributed by atoms with E-state index in [0.717, 1.165) is 15.4 Å². The molecule has 3 aromatic carbocycles. The maximum absolute atomic E-state index is 13.4. The van der Waals surface area contributed by atoms with Crippen LogP contribution >= 0.6 is 23.2 Å². The molecule has 0 saturated heterocycles. The van der Waals surface area contributed by atoms with Crippen LogP contribution in [0.3, 0.4) is 0 Å². The first-order valence-electron chi connectivity index (χ1n) is 9.65. The van der Waals surface area contributed by atoms with Crippen LogP contribution in [0.2, 0.25) is 10.0 Å². The highest BCUT2D eigenvalue weighted by atomic mass is 35.5. The van der Waals surface area contributed by atoms with Gasteiger partial charge in [0.2, 0.25) is 5.91 Å². The fraction of sp³-hybridized carbons (Fsp3) is 0.174. The smallest absolute Gasteiger partial charge is 0.264 e. The molecular formula is C23H22Cl2N2O4S. The summed E-state index contributed by atoms with van der Waals surface area (Å²) in [5.41, 5.74) is 2.00. The first kappa shape index (κ1) is 23.9. The molecule has 0 bridgehead atoms. The van der Waals surface area contributed by atoms with E-state index in [0.29, 0.717) is 10.8 Å². The number of carbonyl (C=O) groups excluding carboxylic acids is 1. The van der Waals surface area contributed by atoms with Gasteiger partial charge in [0.05, 0.1) is 22.7 Å². The summed E-state index contributed by atoms with van der Waals surface area (Å²) in [5, 5.41) is 3.56. The molecule has 9 heteroatoms. The molecule has 0 aliphatic heterocycles. The minimum atomic E-state index is -4.04. The quantitative estimate of drug-likeness (QED) is 0.488. The summed E-state index contributed by atoms with van der Waals surface area (Å²) < 4.78 is 33.0. The molecule has 168 valence electrons. The molecule has 1 amide bonds. The van der Waals surface area contributed by atoms with Crippen LogP contribution in [0.4, 0.5) is 5.69 Å². The zero-order chi connectivity index (χ0) is 23.3. The third kappa shape index (κ3) is 5.73. The number of carbonyl (C=O) groups is 1. The van der Waals surface area contributed by atoms with Crippen molar-refractivity contribution in [1.29, 1.82) is 0 Å². The van der Waals surface area contributed by atoms with Gasteiger partial charge in [0.15, 0.2) is 0 Å². The minimum Gasteiger partial charge on any atom is -0.495 e. The van der Waals surface area contributed by atoms with Gasteiger partial charge in [-0.25, -0.2) is 8.42 Å². The molecule has 3 aromatic rings. The van der Waals surface area contributed by atoms with Gasteiger partial charge in [-0.3, -0.25) is 9.10 Å². The fourth-order valence-electron chi connectivity index (χ4n) is 2.95. The molecule has 0 radical (unpaired) electrons. The Kier molecular flexibility index (Phi) is 7.66. The third-order valence-corrected chi connectivity index (χ3v) is 7.06. The second-order valence-electron chi connectivity index (χ2n) is 7.05. The van der Waals surface area contributed by atoms with E-state index < -0.39 is 22.5 Å². The Balaban J connectivity index is 1.89. The van der Waals surface area contributed by atoms with Crippen molar-refractivity contribution < 1.29 is 17.9 Å². The number of methoxy groups -OCH3 is 1. The Morgan fingerprint density at radius 3 is 2.25 bits per heavy atom. The third-order valence-electron chi connectivity index (χ3n) is 4.72. The first-order valence-corrected chi connectivity index (χ1v) is 11.8. The Morgan fingerprint density at radius 1 is 1.00 bits per heavy atom. The summed E-state index contributed by atoms with van der Waals surface area (Å²) in [4.78, 5) is 12.8. The van der Waals surface area contributed by atoms with E-state index in [4.69, 9.17) is 27.9 Å². The molecule has 3 rings (SSSR count). The summed E-state index contributed by atoms with van der Waals surface area (Å²) in [6.45, 7) is 1.67. The van der Waals surface area contributed by atoms with E-state index in [2.05, 4.69) is 5.32 Å². The van der Waals surface area contributed by atoms with Crippen molar-refractivity contribution >= 4 is 44.8 Å². The van der Waals surface area contributed by atoms with Gasteiger partial charge >= 0.3 is 0 Å². The molecule has 1 N–H and O–H groups in total. The van der Waals surface area contributed by atoms with E-state index in [1.165, 1.54) is 25.3 Å². The van der Waals surface area contributed by atoms with Crippen molar-refractivity contribution in [2.45, 2.75) is 18.4 Å². The highest BCUT2D eigenvalue weighted by molar-refractivity contribution is 7.92. The van der Waals surface area contributed by atoms with Crippen LogP contribution < -0.4 is 14.4 Å². The number of nitrogens with one attached hydrogen (secondary N) is 1. The van der Waals surface area contributed by atoms with Gasteiger partial charge < -0.3 is 10.1 Å². The predicted molar refractivity (Wildman–Crippen MR) is 127 cm³/mol. The lowest BCUT2D eigenvalue weighted by Crippen LogP contribution is -2.40. The molecule has 0 spiro atoms. The number of sulfonamides is 1. The van der Waals surface area contributed by atoms with E-state index in [-0.39, 0.29) is 22.2 Å². The van der Waals surface area contributed by atoms with Crippen LogP contribution in [0.15, 0.2) is 71.6 Å². The second kappa shape index (κ2) is 10.3. The number of ether oxygens (including phenoxy) is 1. The maximum atomic E-state index is 13.4. The molecule has 0 saturated carbocycles. The van der Waals surface area contributed by atoms with Gasteiger partial charge in [-0.15, -0.1) is 0 Å². The number of anilines is 1. The van der Waals surface area contributed by atoms with E-state index in [1.54, 1.807) is 48.5 Å². The molecule has 0 heterocycles. The van der Waals surface area contributed by atoms with Gasteiger partial charge in [-0.2, -0.15) is 0 Å². The first-order chi connectivity index (χ1) is 15.2. The summed E-state index contributed by atoms with van der Waals surface area (Å²) in [6.07, 6.45) is 0. The summed E-state index contributed by atoms with van der Waals surface area (Å²) >= 11 is 12.1. The minimum absolute atomic E-state index is 0.0699. The van der Waals surface area contributed by atoms with Crippen LogP contribution in [0, 0.1) is 6.92 Å². The standard InChI is InChI=1S/C23H22Cl2N2O4S/c1-16-3-10-20(11-4-16)32(29,30)27(19-9-12-22(31-2)21(25)13-19)15-23(28)26-14-17-5-7-18(24)8-6-17/h3-13H,14-15H2,1-2H3,(H,26,28). The Hall–Kier alpha value is -2.74. The fourth-order valence-corrected chi connectivity index (χ4v) is 4.74. The monoisotopic (exact) mass is 492 g/mol. The SMILES string of the molecule is COc1ccc(N(CC(=O)NCc2ccc(Cl)cc2)S(=O)(=O)c2ccc(C)cc2)cc1Cl. The number of benzene rings is 3. The Morgan fingerprint density at radius 2 is 1.66 bits per heavy atom. The molecule has 0 atom stereocenters. The zero-order valence-corrected chi connectivity index (χ0v) is 19.8. The lowest BCUT2D eigenvalue weighted by atomic mass is 10.2. The summed E-state index contributed by atoms with van der Waals surface area (Å²) in [6, 6.07) is 18.0. The molecule has 0 fully saturated rings. The number of aryl methyl sites for hydroxylation is 1. The van der Waals surface area contributed by atoms with E-state index >= 15 is 0 Å². The van der Waals surface area contributed by atoms with Crippen LogP contribution in [-0.4, -0.2) is 28.0 Å². The number of hydrogen-bond acceptors (Lipinski definition) is 4. The van der Waals surface area contributed by atoms with Crippen LogP contribution in [-0.2, 0) is 21.4 Å². The molecule has 0 aliphatic carbocycles. The van der Waals surface area contributed by atoms with Gasteiger partial charge in [0, 0.05) is 11.6 Å². The highest BCUT2D eigenvalue weighted by Gasteiger charge is 2.27. The van der Waals surface area contributed by atoms with Crippen molar-refractivity contribution in [3.8, 4) is 5.75 Å². The van der Waals surface area contributed by atoms with Crippen LogP contribution in [0.25, 0.3) is 0 Å². The molecule has 0 aromatic heterocycles. The van der Waals surface area contributed by atoms with Crippen molar-refractivity contribution in [1.82, 2.24) is 5.32 Å². The highest BCUT2D eigenvalue weighted by Crippen LogP contribution is 2.32. The van der Waals surface area contributed by atoms with Crippen molar-refractivity contribution in [3.63, 3.8) is 0 Å². The van der Waals surface area contributed by atoms with Crippen LogP contribution in [0.5, 0.6) is 5.75 Å². The molecule has 0 unspecified atom stereocenters. The number of rotatable bonds is 8. The summed E-state index contributed by atoms with van der Waals surface area (Å²) in [5.74, 6) is -0.0714. The Labute approximate surface area is 197 Å². The van der Waals surface area contributed by atoms with Crippen molar-refractivity contribution in [2.24, 2.45) is 0 Å². The topological polar surface area (TPSA) is 75.7 Å². The second-order valence-corrected chi connectivity index (χ2v) is 9.75. The average molecular weight is 493 g/mol. The van der Waals surface area contributed by atoms with Gasteiger partial charge in [0.1, 0.15) is 12.3 Å². The molecule has 0 aliphatic rings. The number of amides is 1. The van der Waals surface area contributed by atoms with E-state index in [9.17, 15) is 13.2 Å². The molecule has 32 heavy (non-hydrogen) atoms. The number of hydrogen-bond donors (Lipinski definition) is 1. The lowest BCUT2D eigenvalue weighted by Gasteiger charge is -2.24. The Bertz CT molecular complexity index is 1200. The van der Waals surface area contributed by atoms with Crippen molar-refractivity contribution in [3.05, 3.63) is 87.9 Å². The van der Waals surface area contributed by atoms with Gasteiger partial charge in [0.25, 0.3) is 10.0 Å². The summed E-state index contributed by atoms with van der Waals surface area (Å²) in [7, 11) is -2.57. The number of halogens is 2. The largest absolute Gasteiger partial charge is 0.495 e. The average Bonchev–Trinajstić information content (AvgIpc) is 2.77. The lowest BCUT2D eigenvalue weighted by molar-refractivity contribution is -0.119. The van der Waals surface area contributed by atoms with Crippen molar-refractivity contribution in [2.75, 3.05) is 18.0 Å². The molecular weight excluding hydrogens is 471 g/mol. The van der Waals surface area contributed by atoms with Gasteiger partial charge in [-0.05, 0) is 55.0 Å². The molecule has 6 nitrogen and oxygen atoms in total. The van der Waals surface area contributed by atoms with E-state index in [1.807, 2.05) is 6.92 Å². The number of nitrogens with zero attached hydrogens (tertiary/aromatic N) is 1. The van der Waals surface area contributed by atoms with Gasteiger partial charge in [-0.1, -0.05) is 53.0 Å². The predicted octanol–water partition coefficient (Wildman–Crippen LogP) is 4.82. The normalized spacial score (nSPS) is 11.1. The zero-order valence-electron chi connectivity index (χ0n) is 17.5. The van der Waals surface area contributed by atoms with Crippen LogP contribution in [0.1, 0.15) is 11.1 Å². The maximum Gasteiger partial charge on any atom is 0.264 e.